The van der Waals surface area contributed by atoms with Gasteiger partial charge in [0, 0.05) is 19.1 Å². The molecule has 2 aliphatic rings. The lowest BCUT2D eigenvalue weighted by Gasteiger charge is -2.34. The average molecular weight is 333 g/mol. The maximum absolute atomic E-state index is 11.5. The van der Waals surface area contributed by atoms with E-state index in [1.54, 1.807) is 0 Å². The molecule has 2 aliphatic heterocycles. The van der Waals surface area contributed by atoms with E-state index < -0.39 is 9.89 Å². The topological polar surface area (TPSA) is 76.8 Å². The molecule has 0 saturated carbocycles. The van der Waals surface area contributed by atoms with Gasteiger partial charge in [0.05, 0.1) is 25.3 Å². The summed E-state index contributed by atoms with van der Waals surface area (Å²) in [6, 6.07) is 0.0967. The summed E-state index contributed by atoms with van der Waals surface area (Å²) in [5.41, 5.74) is 5.99. The van der Waals surface area contributed by atoms with Crippen LogP contribution in [0.2, 0.25) is 0 Å². The zero-order valence-corrected chi connectivity index (χ0v) is 12.4. The highest BCUT2D eigenvalue weighted by atomic mass is 35.6. The number of amides is 1. The standard InChI is InChI=1S/C10H16Cl3N3O3/c11-10(12,13)5-19-9(17)15-8-2-16(1-7(8)14)6-3-18-4-6/h6-8H,1-5,14H2,(H,15,17)/t7-,8+/m1/s1. The van der Waals surface area contributed by atoms with Crippen LogP contribution in [0.15, 0.2) is 0 Å². The summed E-state index contributed by atoms with van der Waals surface area (Å²) in [6.45, 7) is 2.54. The molecule has 0 aromatic rings. The molecule has 0 aromatic heterocycles. The first-order chi connectivity index (χ1) is 8.85. The minimum atomic E-state index is -1.61. The molecule has 6 nitrogen and oxygen atoms in total. The predicted molar refractivity (Wildman–Crippen MR) is 72.7 cm³/mol. The van der Waals surface area contributed by atoms with Gasteiger partial charge in [-0.15, -0.1) is 0 Å². The first-order valence-corrected chi connectivity index (χ1v) is 7.06. The van der Waals surface area contributed by atoms with E-state index in [1.807, 2.05) is 0 Å². The first-order valence-electron chi connectivity index (χ1n) is 5.92. The Labute approximate surface area is 126 Å². The number of nitrogens with zero attached hydrogens (tertiary/aromatic N) is 1. The van der Waals surface area contributed by atoms with Gasteiger partial charge in [-0.1, -0.05) is 34.8 Å². The Bertz CT molecular complexity index is 336. The maximum atomic E-state index is 11.5. The van der Waals surface area contributed by atoms with Crippen molar-refractivity contribution in [2.24, 2.45) is 5.73 Å². The number of alkyl carbamates (subject to hydrolysis) is 1. The lowest BCUT2D eigenvalue weighted by Crippen LogP contribution is -2.49. The molecule has 0 unspecified atom stereocenters. The van der Waals surface area contributed by atoms with Gasteiger partial charge in [-0.25, -0.2) is 4.79 Å². The van der Waals surface area contributed by atoms with Crippen molar-refractivity contribution in [3.8, 4) is 0 Å². The van der Waals surface area contributed by atoms with Crippen molar-refractivity contribution in [3.63, 3.8) is 0 Å². The van der Waals surface area contributed by atoms with Crippen LogP contribution in [-0.2, 0) is 9.47 Å². The third kappa shape index (κ3) is 4.51. The number of hydrogen-bond acceptors (Lipinski definition) is 5. The Hall–Kier alpha value is 0.0200. The zero-order chi connectivity index (χ0) is 14.0. The Morgan fingerprint density at radius 1 is 1.42 bits per heavy atom. The molecule has 1 amide bonds. The van der Waals surface area contributed by atoms with E-state index in [0.29, 0.717) is 12.6 Å². The summed E-state index contributed by atoms with van der Waals surface area (Å²) in [4.78, 5) is 13.7. The van der Waals surface area contributed by atoms with E-state index >= 15 is 0 Å². The number of hydrogen-bond donors (Lipinski definition) is 2. The molecule has 0 aliphatic carbocycles. The highest BCUT2D eigenvalue weighted by Gasteiger charge is 2.38. The molecular weight excluding hydrogens is 316 g/mol. The van der Waals surface area contributed by atoms with Gasteiger partial charge in [0.15, 0.2) is 0 Å². The lowest BCUT2D eigenvalue weighted by atomic mass is 10.2. The summed E-state index contributed by atoms with van der Waals surface area (Å²) < 4.78 is 8.34. The van der Waals surface area contributed by atoms with Gasteiger partial charge < -0.3 is 20.5 Å². The number of alkyl halides is 3. The van der Waals surface area contributed by atoms with E-state index in [2.05, 4.69) is 10.2 Å². The molecule has 2 rings (SSSR count). The molecule has 0 aromatic carbocycles. The van der Waals surface area contributed by atoms with Gasteiger partial charge in [0.1, 0.15) is 6.61 Å². The normalized spacial score (nSPS) is 29.1. The van der Waals surface area contributed by atoms with E-state index in [9.17, 15) is 4.79 Å². The van der Waals surface area contributed by atoms with E-state index in [1.165, 1.54) is 0 Å². The van der Waals surface area contributed by atoms with E-state index in [0.717, 1.165) is 19.8 Å². The largest absolute Gasteiger partial charge is 0.445 e. The van der Waals surface area contributed by atoms with Crippen molar-refractivity contribution >= 4 is 40.9 Å². The van der Waals surface area contributed by atoms with Gasteiger partial charge in [-0.2, -0.15) is 0 Å². The second-order valence-corrected chi connectivity index (χ2v) is 7.27. The summed E-state index contributed by atoms with van der Waals surface area (Å²) in [7, 11) is 0. The van der Waals surface area contributed by atoms with Crippen molar-refractivity contribution < 1.29 is 14.3 Å². The fourth-order valence-corrected chi connectivity index (χ4v) is 2.25. The van der Waals surface area contributed by atoms with Crippen LogP contribution in [0.5, 0.6) is 0 Å². The average Bonchev–Trinajstić information content (AvgIpc) is 2.53. The number of carbonyl (C=O) groups is 1. The predicted octanol–water partition coefficient (Wildman–Crippen LogP) is 0.493. The van der Waals surface area contributed by atoms with Gasteiger partial charge in [-0.3, -0.25) is 4.90 Å². The molecule has 19 heavy (non-hydrogen) atoms. The van der Waals surface area contributed by atoms with Crippen LogP contribution in [0.4, 0.5) is 4.79 Å². The van der Waals surface area contributed by atoms with Crippen molar-refractivity contribution in [3.05, 3.63) is 0 Å². The fraction of sp³-hybridized carbons (Fsp3) is 0.900. The highest BCUT2D eigenvalue weighted by Crippen LogP contribution is 2.26. The molecular formula is C10H16Cl3N3O3. The molecule has 2 saturated heterocycles. The van der Waals surface area contributed by atoms with Crippen LogP contribution < -0.4 is 11.1 Å². The van der Waals surface area contributed by atoms with Crippen molar-refractivity contribution in [2.45, 2.75) is 21.9 Å². The van der Waals surface area contributed by atoms with Crippen LogP contribution in [0, 0.1) is 0 Å². The number of likely N-dealkylation sites (tertiary alicyclic amines) is 1. The van der Waals surface area contributed by atoms with Crippen LogP contribution in [0.1, 0.15) is 0 Å². The van der Waals surface area contributed by atoms with E-state index in [4.69, 9.17) is 50.0 Å². The number of carbonyl (C=O) groups excluding carboxylic acids is 1. The number of halogens is 3. The first kappa shape index (κ1) is 15.4. The Morgan fingerprint density at radius 3 is 2.63 bits per heavy atom. The maximum Gasteiger partial charge on any atom is 0.407 e. The Kier molecular flexibility index (Phi) is 5.03. The monoisotopic (exact) mass is 331 g/mol. The minimum Gasteiger partial charge on any atom is -0.445 e. The molecule has 0 bridgehead atoms. The summed E-state index contributed by atoms with van der Waals surface area (Å²) >= 11 is 16.5. The van der Waals surface area contributed by atoms with Crippen LogP contribution in [0.3, 0.4) is 0 Å². The second-order valence-electron chi connectivity index (χ2n) is 4.75. The summed E-state index contributed by atoms with van der Waals surface area (Å²) in [6.07, 6.45) is -0.626. The molecule has 2 atom stereocenters. The lowest BCUT2D eigenvalue weighted by molar-refractivity contribution is -0.0577. The Balaban J connectivity index is 1.74. The van der Waals surface area contributed by atoms with Crippen LogP contribution in [0.25, 0.3) is 0 Å². The number of nitrogens with two attached hydrogens (primary N) is 1. The SMILES string of the molecule is N[C@@H]1CN(C2COC2)C[C@@H]1NC(=O)OCC(Cl)(Cl)Cl. The molecule has 0 spiro atoms. The molecule has 2 fully saturated rings. The van der Waals surface area contributed by atoms with Crippen molar-refractivity contribution in [1.82, 2.24) is 10.2 Å². The van der Waals surface area contributed by atoms with Gasteiger partial charge in [0.25, 0.3) is 0 Å². The fourth-order valence-electron chi connectivity index (χ4n) is 2.09. The highest BCUT2D eigenvalue weighted by molar-refractivity contribution is 6.67. The number of nitrogens with one attached hydrogen (secondary N) is 1. The van der Waals surface area contributed by atoms with Gasteiger partial charge in [-0.05, 0) is 0 Å². The zero-order valence-electron chi connectivity index (χ0n) is 10.2. The summed E-state index contributed by atoms with van der Waals surface area (Å²) in [5, 5.41) is 2.69. The van der Waals surface area contributed by atoms with Crippen LogP contribution in [-0.4, -0.2) is 65.8 Å². The van der Waals surface area contributed by atoms with E-state index in [-0.39, 0.29) is 18.7 Å². The third-order valence-electron chi connectivity index (χ3n) is 3.20. The number of ether oxygens (including phenoxy) is 2. The van der Waals surface area contributed by atoms with Crippen molar-refractivity contribution in [1.29, 1.82) is 0 Å². The molecule has 0 radical (unpaired) electrons. The Morgan fingerprint density at radius 2 is 2.11 bits per heavy atom. The van der Waals surface area contributed by atoms with Crippen LogP contribution >= 0.6 is 34.8 Å². The van der Waals surface area contributed by atoms with Gasteiger partial charge >= 0.3 is 6.09 Å². The summed E-state index contributed by atoms with van der Waals surface area (Å²) in [5.74, 6) is 0. The minimum absolute atomic E-state index is 0.138. The third-order valence-corrected chi connectivity index (χ3v) is 3.53. The van der Waals surface area contributed by atoms with Gasteiger partial charge in [0.2, 0.25) is 3.79 Å². The molecule has 2 heterocycles. The second kappa shape index (κ2) is 6.20. The molecule has 3 N–H and O–H groups in total. The molecule has 110 valence electrons. The smallest absolute Gasteiger partial charge is 0.407 e. The van der Waals surface area contributed by atoms with Crippen molar-refractivity contribution in [2.75, 3.05) is 32.9 Å². The molecule has 9 heteroatoms. The quantitative estimate of drug-likeness (QED) is 0.736. The number of rotatable bonds is 3.